The molecule has 0 bridgehead atoms. The van der Waals surface area contributed by atoms with Crippen LogP contribution in [0.3, 0.4) is 0 Å². The normalized spacial score (nSPS) is 16.0. The molecule has 1 aliphatic rings. The molecule has 1 atom stereocenters. The van der Waals surface area contributed by atoms with E-state index in [2.05, 4.69) is 10.00 Å². The van der Waals surface area contributed by atoms with Crippen LogP contribution in [0.2, 0.25) is 0 Å². The first kappa shape index (κ1) is 16.1. The summed E-state index contributed by atoms with van der Waals surface area (Å²) in [4.78, 5) is 15.0. The fourth-order valence-corrected chi connectivity index (χ4v) is 3.94. The number of hydrogen-bond donors (Lipinski definition) is 0. The minimum Gasteiger partial charge on any atom is -0.298 e. The van der Waals surface area contributed by atoms with Gasteiger partial charge in [0, 0.05) is 49.3 Å². The fourth-order valence-electron chi connectivity index (χ4n) is 2.82. The zero-order valence-electron chi connectivity index (χ0n) is 13.3. The molecule has 0 radical (unpaired) electrons. The van der Waals surface area contributed by atoms with E-state index in [1.54, 1.807) is 6.07 Å². The van der Waals surface area contributed by atoms with Gasteiger partial charge >= 0.3 is 0 Å². The Balaban J connectivity index is 1.63. The van der Waals surface area contributed by atoms with Crippen molar-refractivity contribution in [3.05, 3.63) is 58.0 Å². The summed E-state index contributed by atoms with van der Waals surface area (Å²) >= 11 is 0. The van der Waals surface area contributed by atoms with Gasteiger partial charge in [0.1, 0.15) is 0 Å². The van der Waals surface area contributed by atoms with Crippen molar-refractivity contribution in [2.45, 2.75) is 31.3 Å². The third kappa shape index (κ3) is 3.76. The van der Waals surface area contributed by atoms with Gasteiger partial charge in [-0.05, 0) is 24.6 Å². The lowest BCUT2D eigenvalue weighted by Crippen LogP contribution is -2.36. The molecule has 1 aliphatic heterocycles. The molecule has 1 aromatic carbocycles. The first-order valence-electron chi connectivity index (χ1n) is 7.93. The predicted octanol–water partition coefficient (Wildman–Crippen LogP) is 1.43. The van der Waals surface area contributed by atoms with Crippen molar-refractivity contribution in [3.63, 3.8) is 0 Å². The Morgan fingerprint density at radius 2 is 2.04 bits per heavy atom. The summed E-state index contributed by atoms with van der Waals surface area (Å²) in [5.41, 5.74) is 1.99. The molecule has 3 rings (SSSR count). The quantitative estimate of drug-likeness (QED) is 0.832. The maximum absolute atomic E-state index is 12.3. The highest BCUT2D eigenvalue weighted by Gasteiger charge is 2.19. The number of aryl methyl sites for hydroxylation is 1. The van der Waals surface area contributed by atoms with E-state index in [0.29, 0.717) is 18.8 Å². The zero-order chi connectivity index (χ0) is 16.2. The van der Waals surface area contributed by atoms with E-state index >= 15 is 0 Å². The highest BCUT2D eigenvalue weighted by molar-refractivity contribution is 7.85. The lowest BCUT2D eigenvalue weighted by molar-refractivity contribution is 0.264. The van der Waals surface area contributed by atoms with Crippen LogP contribution in [0.25, 0.3) is 0 Å². The van der Waals surface area contributed by atoms with E-state index in [1.165, 1.54) is 4.68 Å². The average Bonchev–Trinajstić information content (AvgIpc) is 2.59. The molecule has 0 N–H and O–H groups in total. The Hall–Kier alpha value is -1.79. The van der Waals surface area contributed by atoms with E-state index in [1.807, 2.05) is 37.3 Å². The highest BCUT2D eigenvalue weighted by atomic mass is 32.2. The Kier molecular flexibility index (Phi) is 5.03. The molecule has 122 valence electrons. The SMILES string of the molecule is CCn1nc2c(cc1=O)CN(CC[S@@](=O)c1ccccc1)CC2. The van der Waals surface area contributed by atoms with Gasteiger partial charge in [-0.3, -0.25) is 13.9 Å². The lowest BCUT2D eigenvalue weighted by atomic mass is 10.1. The molecule has 0 amide bonds. The van der Waals surface area contributed by atoms with Crippen molar-refractivity contribution in [1.29, 1.82) is 0 Å². The van der Waals surface area contributed by atoms with E-state index in [0.717, 1.165) is 35.7 Å². The van der Waals surface area contributed by atoms with Gasteiger partial charge in [0.2, 0.25) is 0 Å². The van der Waals surface area contributed by atoms with Gasteiger partial charge in [0.15, 0.2) is 0 Å². The monoisotopic (exact) mass is 331 g/mol. The first-order chi connectivity index (χ1) is 11.2. The second-order valence-electron chi connectivity index (χ2n) is 5.66. The molecule has 6 heteroatoms. The molecular weight excluding hydrogens is 310 g/mol. The van der Waals surface area contributed by atoms with Crippen molar-refractivity contribution < 1.29 is 4.21 Å². The predicted molar refractivity (Wildman–Crippen MR) is 90.9 cm³/mol. The Morgan fingerprint density at radius 1 is 1.26 bits per heavy atom. The standard InChI is InChI=1S/C17H21N3O2S/c1-2-20-17(21)12-14-13-19(9-8-16(14)18-20)10-11-23(22)15-6-4-3-5-7-15/h3-7,12H,2,8-11,13H2,1H3/t23-/m1/s1. The smallest absolute Gasteiger partial charge is 0.267 e. The molecule has 0 aliphatic carbocycles. The van der Waals surface area contributed by atoms with Crippen LogP contribution in [0.1, 0.15) is 18.2 Å². The molecule has 2 heterocycles. The average molecular weight is 331 g/mol. The molecule has 0 fully saturated rings. The molecule has 23 heavy (non-hydrogen) atoms. The van der Waals surface area contributed by atoms with Crippen molar-refractivity contribution in [3.8, 4) is 0 Å². The van der Waals surface area contributed by atoms with Gasteiger partial charge in [-0.25, -0.2) is 4.68 Å². The van der Waals surface area contributed by atoms with Gasteiger partial charge in [0.05, 0.1) is 16.5 Å². The fraction of sp³-hybridized carbons (Fsp3) is 0.412. The second kappa shape index (κ2) is 7.19. The number of nitrogens with zero attached hydrogens (tertiary/aromatic N) is 3. The summed E-state index contributed by atoms with van der Waals surface area (Å²) in [7, 11) is -0.976. The lowest BCUT2D eigenvalue weighted by Gasteiger charge is -2.27. The molecule has 1 aromatic heterocycles. The number of hydrogen-bond acceptors (Lipinski definition) is 4. The summed E-state index contributed by atoms with van der Waals surface area (Å²) in [6, 6.07) is 11.3. The summed E-state index contributed by atoms with van der Waals surface area (Å²) in [6.45, 7) is 4.90. The third-order valence-corrected chi connectivity index (χ3v) is 5.47. The van der Waals surface area contributed by atoms with Crippen molar-refractivity contribution in [2.75, 3.05) is 18.8 Å². The van der Waals surface area contributed by atoms with E-state index < -0.39 is 10.8 Å². The molecule has 0 saturated carbocycles. The second-order valence-corrected chi connectivity index (χ2v) is 7.23. The van der Waals surface area contributed by atoms with Crippen LogP contribution < -0.4 is 5.56 Å². The Labute approximate surface area is 138 Å². The van der Waals surface area contributed by atoms with E-state index in [4.69, 9.17) is 0 Å². The number of aromatic nitrogens is 2. The summed E-state index contributed by atoms with van der Waals surface area (Å²) in [6.07, 6.45) is 0.841. The zero-order valence-corrected chi connectivity index (χ0v) is 14.1. The van der Waals surface area contributed by atoms with Crippen LogP contribution in [0, 0.1) is 0 Å². The summed E-state index contributed by atoms with van der Waals surface area (Å²) in [5, 5.41) is 4.43. The Bertz CT molecular complexity index is 758. The van der Waals surface area contributed by atoms with Crippen LogP contribution in [0.5, 0.6) is 0 Å². The van der Waals surface area contributed by atoms with Crippen molar-refractivity contribution in [1.82, 2.24) is 14.7 Å². The van der Waals surface area contributed by atoms with Crippen LogP contribution in [0.4, 0.5) is 0 Å². The van der Waals surface area contributed by atoms with Gasteiger partial charge in [-0.1, -0.05) is 18.2 Å². The summed E-state index contributed by atoms with van der Waals surface area (Å²) < 4.78 is 13.8. The minimum atomic E-state index is -0.976. The van der Waals surface area contributed by atoms with Gasteiger partial charge < -0.3 is 0 Å². The third-order valence-electron chi connectivity index (χ3n) is 4.12. The molecule has 0 unspecified atom stereocenters. The van der Waals surface area contributed by atoms with Crippen LogP contribution in [0.15, 0.2) is 46.1 Å². The molecule has 0 saturated heterocycles. The largest absolute Gasteiger partial charge is 0.298 e. The highest BCUT2D eigenvalue weighted by Crippen LogP contribution is 2.15. The molecule has 2 aromatic rings. The van der Waals surface area contributed by atoms with Crippen LogP contribution in [-0.4, -0.2) is 37.7 Å². The molecule has 0 spiro atoms. The molecule has 5 nitrogen and oxygen atoms in total. The maximum Gasteiger partial charge on any atom is 0.267 e. The number of fused-ring (bicyclic) bond motifs is 1. The van der Waals surface area contributed by atoms with E-state index in [9.17, 15) is 9.00 Å². The van der Waals surface area contributed by atoms with Gasteiger partial charge in [0.25, 0.3) is 5.56 Å². The topological polar surface area (TPSA) is 55.2 Å². The molecular formula is C17H21N3O2S. The first-order valence-corrected chi connectivity index (χ1v) is 9.25. The van der Waals surface area contributed by atoms with Crippen LogP contribution >= 0.6 is 0 Å². The van der Waals surface area contributed by atoms with E-state index in [-0.39, 0.29) is 5.56 Å². The summed E-state index contributed by atoms with van der Waals surface area (Å²) in [5.74, 6) is 0.610. The number of benzene rings is 1. The van der Waals surface area contributed by atoms with Crippen molar-refractivity contribution >= 4 is 10.8 Å². The van der Waals surface area contributed by atoms with Gasteiger partial charge in [-0.15, -0.1) is 0 Å². The van der Waals surface area contributed by atoms with Crippen LogP contribution in [-0.2, 0) is 30.3 Å². The Morgan fingerprint density at radius 3 is 2.78 bits per heavy atom. The maximum atomic E-state index is 12.3. The van der Waals surface area contributed by atoms with Gasteiger partial charge in [-0.2, -0.15) is 5.10 Å². The van der Waals surface area contributed by atoms with Crippen molar-refractivity contribution in [2.24, 2.45) is 0 Å². The minimum absolute atomic E-state index is 0.0408. The number of rotatable bonds is 5.